The highest BCUT2D eigenvalue weighted by Gasteiger charge is 2.35. The minimum Gasteiger partial charge on any atom is -0.454 e. The lowest BCUT2D eigenvalue weighted by atomic mass is 9.76. The molecule has 3 heterocycles. The average molecular weight is 372 g/mol. The molecule has 1 aromatic carbocycles. The Kier molecular flexibility index (Phi) is 4.41. The van der Waals surface area contributed by atoms with Crippen LogP contribution in [0.1, 0.15) is 31.2 Å². The predicted octanol–water partition coefficient (Wildman–Crippen LogP) is 1.25. The summed E-state index contributed by atoms with van der Waals surface area (Å²) >= 11 is 0. The van der Waals surface area contributed by atoms with Crippen LogP contribution in [0.2, 0.25) is 0 Å². The first-order valence-corrected chi connectivity index (χ1v) is 9.20. The number of aromatic amines is 1. The van der Waals surface area contributed by atoms with Crippen LogP contribution in [0.3, 0.4) is 0 Å². The van der Waals surface area contributed by atoms with E-state index in [0.717, 1.165) is 24.3 Å². The molecular weight excluding hydrogens is 348 g/mol. The van der Waals surface area contributed by atoms with Crippen molar-refractivity contribution in [1.82, 2.24) is 19.7 Å². The number of carbonyl (C=O) groups is 1. The van der Waals surface area contributed by atoms with Gasteiger partial charge in [-0.25, -0.2) is 9.89 Å². The molecule has 0 aliphatic carbocycles. The summed E-state index contributed by atoms with van der Waals surface area (Å²) in [6.07, 6.45) is 2.83. The van der Waals surface area contributed by atoms with E-state index in [4.69, 9.17) is 9.47 Å². The fourth-order valence-electron chi connectivity index (χ4n) is 3.92. The third kappa shape index (κ3) is 3.56. The van der Waals surface area contributed by atoms with E-state index in [-0.39, 0.29) is 23.8 Å². The van der Waals surface area contributed by atoms with Gasteiger partial charge in [0.25, 0.3) is 0 Å². The molecule has 27 heavy (non-hydrogen) atoms. The smallest absolute Gasteiger partial charge is 0.343 e. The third-order valence-corrected chi connectivity index (χ3v) is 5.51. The van der Waals surface area contributed by atoms with E-state index < -0.39 is 0 Å². The second-order valence-corrected chi connectivity index (χ2v) is 7.74. The van der Waals surface area contributed by atoms with Crippen molar-refractivity contribution in [3.05, 3.63) is 40.1 Å². The molecule has 0 saturated carbocycles. The van der Waals surface area contributed by atoms with Gasteiger partial charge in [-0.1, -0.05) is 13.0 Å². The molecule has 1 amide bonds. The minimum atomic E-state index is -0.234. The molecule has 1 atom stereocenters. The Morgan fingerprint density at radius 2 is 2.07 bits per heavy atom. The summed E-state index contributed by atoms with van der Waals surface area (Å²) in [5, 5.41) is 6.46. The lowest BCUT2D eigenvalue weighted by Crippen LogP contribution is -2.47. The Morgan fingerprint density at radius 3 is 2.85 bits per heavy atom. The SMILES string of the molecule is Cn1c(CCN2C[C@@](C)(Cc3ccc4c(c3)OCO4)CCC2=O)n[nH]c1=O. The van der Waals surface area contributed by atoms with Crippen LogP contribution >= 0.6 is 0 Å². The Morgan fingerprint density at radius 1 is 1.26 bits per heavy atom. The third-order valence-electron chi connectivity index (χ3n) is 5.51. The molecule has 0 spiro atoms. The molecule has 0 bridgehead atoms. The van der Waals surface area contributed by atoms with Gasteiger partial charge >= 0.3 is 5.69 Å². The number of amides is 1. The van der Waals surface area contributed by atoms with Gasteiger partial charge in [-0.2, -0.15) is 5.10 Å². The van der Waals surface area contributed by atoms with E-state index in [9.17, 15) is 9.59 Å². The Hall–Kier alpha value is -2.77. The molecule has 8 nitrogen and oxygen atoms in total. The molecule has 0 radical (unpaired) electrons. The van der Waals surface area contributed by atoms with Gasteiger partial charge in [0.15, 0.2) is 11.5 Å². The van der Waals surface area contributed by atoms with E-state index in [1.165, 1.54) is 10.1 Å². The van der Waals surface area contributed by atoms with Gasteiger partial charge in [-0.3, -0.25) is 9.36 Å². The van der Waals surface area contributed by atoms with Crippen molar-refractivity contribution >= 4 is 5.91 Å². The highest BCUT2D eigenvalue weighted by Crippen LogP contribution is 2.37. The molecule has 4 rings (SSSR count). The van der Waals surface area contributed by atoms with Crippen LogP contribution in [0.5, 0.6) is 11.5 Å². The first kappa shape index (κ1) is 17.6. The number of nitrogens with zero attached hydrogens (tertiary/aromatic N) is 3. The monoisotopic (exact) mass is 372 g/mol. The number of H-pyrrole nitrogens is 1. The Bertz CT molecular complexity index is 919. The summed E-state index contributed by atoms with van der Waals surface area (Å²) in [5.74, 6) is 2.41. The lowest BCUT2D eigenvalue weighted by Gasteiger charge is -2.40. The first-order chi connectivity index (χ1) is 12.9. The highest BCUT2D eigenvalue weighted by atomic mass is 16.7. The van der Waals surface area contributed by atoms with Crippen molar-refractivity contribution in [2.75, 3.05) is 19.9 Å². The predicted molar refractivity (Wildman–Crippen MR) is 97.7 cm³/mol. The summed E-state index contributed by atoms with van der Waals surface area (Å²) in [7, 11) is 1.68. The largest absolute Gasteiger partial charge is 0.454 e. The topological polar surface area (TPSA) is 89.4 Å². The number of ether oxygens (including phenoxy) is 2. The summed E-state index contributed by atoms with van der Waals surface area (Å²) in [4.78, 5) is 25.8. The Balaban J connectivity index is 1.43. The molecule has 2 aliphatic rings. The quantitative estimate of drug-likeness (QED) is 0.853. The number of aromatic nitrogens is 3. The van der Waals surface area contributed by atoms with Gasteiger partial charge in [0.2, 0.25) is 12.7 Å². The van der Waals surface area contributed by atoms with Crippen LogP contribution in [0.15, 0.2) is 23.0 Å². The van der Waals surface area contributed by atoms with Crippen molar-refractivity contribution < 1.29 is 14.3 Å². The Labute approximate surface area is 157 Å². The first-order valence-electron chi connectivity index (χ1n) is 9.20. The number of benzene rings is 1. The molecule has 2 aromatic rings. The van der Waals surface area contributed by atoms with Crippen molar-refractivity contribution in [3.8, 4) is 11.5 Å². The summed E-state index contributed by atoms with van der Waals surface area (Å²) in [5.41, 5.74) is 0.951. The van der Waals surface area contributed by atoms with E-state index in [2.05, 4.69) is 23.2 Å². The van der Waals surface area contributed by atoms with Crippen LogP contribution in [0.4, 0.5) is 0 Å². The normalized spacial score (nSPS) is 21.7. The molecule has 1 saturated heterocycles. The van der Waals surface area contributed by atoms with E-state index in [1.54, 1.807) is 7.05 Å². The number of rotatable bonds is 5. The maximum atomic E-state index is 12.4. The van der Waals surface area contributed by atoms with Crippen molar-refractivity contribution in [1.29, 1.82) is 0 Å². The number of likely N-dealkylation sites (tertiary alicyclic amines) is 1. The number of fused-ring (bicyclic) bond motifs is 1. The van der Waals surface area contributed by atoms with Gasteiger partial charge in [0.1, 0.15) is 5.82 Å². The summed E-state index contributed by atoms with van der Waals surface area (Å²) in [6.45, 7) is 3.75. The number of hydrogen-bond donors (Lipinski definition) is 1. The van der Waals surface area contributed by atoms with Crippen LogP contribution < -0.4 is 15.2 Å². The van der Waals surface area contributed by atoms with E-state index in [1.807, 2.05) is 17.0 Å². The fourth-order valence-corrected chi connectivity index (χ4v) is 3.92. The van der Waals surface area contributed by atoms with E-state index >= 15 is 0 Å². The molecule has 144 valence electrons. The van der Waals surface area contributed by atoms with Gasteiger partial charge in [0, 0.05) is 33.0 Å². The van der Waals surface area contributed by atoms with E-state index in [0.29, 0.717) is 31.8 Å². The molecule has 1 N–H and O–H groups in total. The maximum absolute atomic E-state index is 12.4. The van der Waals surface area contributed by atoms with Crippen LogP contribution in [-0.2, 0) is 24.7 Å². The molecule has 2 aliphatic heterocycles. The minimum absolute atomic E-state index is 0.000928. The summed E-state index contributed by atoms with van der Waals surface area (Å²) < 4.78 is 12.3. The highest BCUT2D eigenvalue weighted by molar-refractivity contribution is 5.77. The van der Waals surface area contributed by atoms with Crippen LogP contribution in [-0.4, -0.2) is 45.5 Å². The van der Waals surface area contributed by atoms with Crippen LogP contribution in [0, 0.1) is 5.41 Å². The molecule has 1 fully saturated rings. The second-order valence-electron chi connectivity index (χ2n) is 7.74. The molecule has 0 unspecified atom stereocenters. The molecule has 8 heteroatoms. The second kappa shape index (κ2) is 6.75. The number of hydrogen-bond acceptors (Lipinski definition) is 5. The maximum Gasteiger partial charge on any atom is 0.343 e. The fraction of sp³-hybridized carbons (Fsp3) is 0.526. The average Bonchev–Trinajstić information content (AvgIpc) is 3.23. The van der Waals surface area contributed by atoms with Gasteiger partial charge < -0.3 is 14.4 Å². The zero-order valence-corrected chi connectivity index (χ0v) is 15.7. The zero-order chi connectivity index (χ0) is 19.0. The number of carbonyl (C=O) groups excluding carboxylic acids is 1. The van der Waals surface area contributed by atoms with Gasteiger partial charge in [0.05, 0.1) is 0 Å². The lowest BCUT2D eigenvalue weighted by molar-refractivity contribution is -0.137. The van der Waals surface area contributed by atoms with Gasteiger partial charge in [-0.05, 0) is 36.0 Å². The van der Waals surface area contributed by atoms with Crippen molar-refractivity contribution in [3.63, 3.8) is 0 Å². The van der Waals surface area contributed by atoms with Crippen LogP contribution in [0.25, 0.3) is 0 Å². The molecule has 1 aromatic heterocycles. The zero-order valence-electron chi connectivity index (χ0n) is 15.7. The van der Waals surface area contributed by atoms with Crippen molar-refractivity contribution in [2.45, 2.75) is 32.6 Å². The number of nitrogens with one attached hydrogen (secondary N) is 1. The summed E-state index contributed by atoms with van der Waals surface area (Å²) in [6, 6.07) is 6.05. The van der Waals surface area contributed by atoms with Gasteiger partial charge in [-0.15, -0.1) is 0 Å². The van der Waals surface area contributed by atoms with Crippen molar-refractivity contribution in [2.24, 2.45) is 12.5 Å². The standard InChI is InChI=1S/C19H24N4O4/c1-19(10-13-3-4-14-15(9-13)27-12-26-14)7-5-17(24)23(11-19)8-6-16-20-21-18(25)22(16)2/h3-4,9H,5-8,10-12H2,1-2H3,(H,21,25)/t19-/m1/s1. The number of piperidine rings is 1. The molecular formula is C19H24N4O4.